The van der Waals surface area contributed by atoms with Gasteiger partial charge < -0.3 is 20.1 Å². The first-order valence-corrected chi connectivity index (χ1v) is 11.4. The molecular formula is C25H29N5OS. The summed E-state index contributed by atoms with van der Waals surface area (Å²) in [7, 11) is 0. The van der Waals surface area contributed by atoms with Crippen molar-refractivity contribution in [3.63, 3.8) is 0 Å². The number of nitrogens with one attached hydrogen (secondary N) is 2. The highest BCUT2D eigenvalue weighted by Crippen LogP contribution is 2.39. The maximum atomic E-state index is 12.7. The molecule has 1 aromatic carbocycles. The van der Waals surface area contributed by atoms with Gasteiger partial charge in [0.05, 0.1) is 17.8 Å². The first-order chi connectivity index (χ1) is 15.4. The van der Waals surface area contributed by atoms with Gasteiger partial charge in [-0.2, -0.15) is 0 Å². The summed E-state index contributed by atoms with van der Waals surface area (Å²) in [5.41, 5.74) is 4.05. The second-order valence-corrected chi connectivity index (χ2v) is 8.80. The lowest BCUT2D eigenvalue weighted by Crippen LogP contribution is -2.33. The third-order valence-corrected chi connectivity index (χ3v) is 6.14. The lowest BCUT2D eigenvalue weighted by Gasteiger charge is -2.29. The second-order valence-electron chi connectivity index (χ2n) is 8.42. The smallest absolute Gasteiger partial charge is 0.226 e. The van der Waals surface area contributed by atoms with Crippen molar-refractivity contribution < 1.29 is 4.79 Å². The lowest BCUT2D eigenvalue weighted by atomic mass is 10.0. The lowest BCUT2D eigenvalue weighted by molar-refractivity contribution is -0.116. The molecule has 1 fully saturated rings. The second kappa shape index (κ2) is 9.53. The van der Waals surface area contributed by atoms with Gasteiger partial charge in [-0.1, -0.05) is 23.8 Å². The van der Waals surface area contributed by atoms with Crippen LogP contribution in [0.1, 0.15) is 55.3 Å². The molecule has 1 amide bonds. The van der Waals surface area contributed by atoms with E-state index in [2.05, 4.69) is 57.3 Å². The number of hydrogen-bond acceptors (Lipinski definition) is 3. The highest BCUT2D eigenvalue weighted by atomic mass is 32.1. The molecule has 0 radical (unpaired) electrons. The molecule has 0 bridgehead atoms. The average Bonchev–Trinajstić information content (AvgIpc) is 3.39. The molecule has 1 aliphatic heterocycles. The highest BCUT2D eigenvalue weighted by molar-refractivity contribution is 7.80. The van der Waals surface area contributed by atoms with E-state index >= 15 is 0 Å². The number of hydrogen-bond donors (Lipinski definition) is 2. The summed E-state index contributed by atoms with van der Waals surface area (Å²) in [6, 6.07) is 18.1. The number of carbonyl (C=O) groups is 1. The summed E-state index contributed by atoms with van der Waals surface area (Å²) >= 11 is 5.72. The molecule has 32 heavy (non-hydrogen) atoms. The minimum Gasteiger partial charge on any atom is -0.352 e. The first-order valence-electron chi connectivity index (χ1n) is 11.0. The number of aryl methyl sites for hydroxylation is 1. The molecule has 1 saturated heterocycles. The van der Waals surface area contributed by atoms with E-state index in [-0.39, 0.29) is 18.0 Å². The van der Waals surface area contributed by atoms with E-state index in [1.165, 1.54) is 0 Å². The number of pyridine rings is 1. The zero-order valence-corrected chi connectivity index (χ0v) is 19.5. The fourth-order valence-electron chi connectivity index (χ4n) is 4.18. The molecular weight excluding hydrogens is 418 g/mol. The minimum absolute atomic E-state index is 0.0315. The van der Waals surface area contributed by atoms with E-state index in [1.54, 1.807) is 6.20 Å². The molecule has 2 aromatic heterocycles. The Kier molecular flexibility index (Phi) is 6.55. The zero-order valence-electron chi connectivity index (χ0n) is 18.7. The first kappa shape index (κ1) is 22.0. The van der Waals surface area contributed by atoms with E-state index in [4.69, 9.17) is 12.2 Å². The predicted octanol–water partition coefficient (Wildman–Crippen LogP) is 4.77. The molecule has 0 aliphatic carbocycles. The van der Waals surface area contributed by atoms with Crippen molar-refractivity contribution in [2.24, 2.45) is 0 Å². The van der Waals surface area contributed by atoms with Gasteiger partial charge in [0, 0.05) is 42.8 Å². The van der Waals surface area contributed by atoms with Crippen LogP contribution in [0.5, 0.6) is 0 Å². The number of benzene rings is 1. The number of rotatable bonds is 7. The van der Waals surface area contributed by atoms with Crippen molar-refractivity contribution >= 4 is 28.9 Å². The number of amides is 1. The Balaban J connectivity index is 1.56. The number of carbonyl (C=O) groups excluding carboxylic acids is 1. The van der Waals surface area contributed by atoms with E-state index < -0.39 is 0 Å². The van der Waals surface area contributed by atoms with Crippen molar-refractivity contribution in [1.29, 1.82) is 0 Å². The number of nitrogens with zero attached hydrogens (tertiary/aromatic N) is 3. The molecule has 3 heterocycles. The Morgan fingerprint density at radius 2 is 1.94 bits per heavy atom. The van der Waals surface area contributed by atoms with Crippen LogP contribution in [0.2, 0.25) is 0 Å². The molecule has 0 unspecified atom stereocenters. The van der Waals surface area contributed by atoms with Crippen LogP contribution in [-0.4, -0.2) is 32.0 Å². The van der Waals surface area contributed by atoms with Crippen LogP contribution in [0.3, 0.4) is 0 Å². The average molecular weight is 448 g/mol. The Morgan fingerprint density at radius 1 is 1.16 bits per heavy atom. The molecule has 2 atom stereocenters. The topological polar surface area (TPSA) is 62.2 Å². The fourth-order valence-corrected chi connectivity index (χ4v) is 4.51. The molecule has 4 rings (SSSR count). The fraction of sp³-hybridized carbons (Fsp3) is 0.320. The Bertz CT molecular complexity index is 1080. The van der Waals surface area contributed by atoms with Crippen molar-refractivity contribution in [2.75, 3.05) is 11.9 Å². The van der Waals surface area contributed by atoms with Gasteiger partial charge >= 0.3 is 0 Å². The summed E-state index contributed by atoms with van der Waals surface area (Å²) in [5, 5.41) is 7.08. The van der Waals surface area contributed by atoms with Crippen LogP contribution in [0.25, 0.3) is 0 Å². The number of anilines is 1. The van der Waals surface area contributed by atoms with Gasteiger partial charge in [0.15, 0.2) is 5.11 Å². The van der Waals surface area contributed by atoms with Crippen molar-refractivity contribution in [3.8, 4) is 0 Å². The van der Waals surface area contributed by atoms with Gasteiger partial charge in [0.2, 0.25) is 5.91 Å². The molecule has 0 spiro atoms. The van der Waals surface area contributed by atoms with E-state index in [0.717, 1.165) is 22.6 Å². The van der Waals surface area contributed by atoms with Crippen LogP contribution >= 0.6 is 12.2 Å². The van der Waals surface area contributed by atoms with Crippen LogP contribution in [0.4, 0.5) is 5.69 Å². The van der Waals surface area contributed by atoms with Crippen LogP contribution < -0.4 is 10.6 Å². The van der Waals surface area contributed by atoms with Gasteiger partial charge in [-0.05, 0) is 69.4 Å². The maximum absolute atomic E-state index is 12.7. The van der Waals surface area contributed by atoms with Gasteiger partial charge in [0.1, 0.15) is 0 Å². The summed E-state index contributed by atoms with van der Waals surface area (Å²) in [5.74, 6) is -0.0315. The monoisotopic (exact) mass is 447 g/mol. The predicted molar refractivity (Wildman–Crippen MR) is 131 cm³/mol. The third kappa shape index (κ3) is 4.67. The van der Waals surface area contributed by atoms with Gasteiger partial charge in [0.25, 0.3) is 0 Å². The molecule has 0 saturated carbocycles. The summed E-state index contributed by atoms with van der Waals surface area (Å²) < 4.78 is 2.26. The molecule has 1 aliphatic rings. The van der Waals surface area contributed by atoms with Crippen LogP contribution in [0, 0.1) is 6.92 Å². The van der Waals surface area contributed by atoms with Gasteiger partial charge in [-0.25, -0.2) is 0 Å². The summed E-state index contributed by atoms with van der Waals surface area (Å²) in [4.78, 5) is 19.4. The van der Waals surface area contributed by atoms with E-state index in [0.29, 0.717) is 24.1 Å². The molecule has 6 nitrogen and oxygen atoms in total. The Hall–Kier alpha value is -3.19. The molecule has 2 N–H and O–H groups in total. The van der Waals surface area contributed by atoms with Gasteiger partial charge in [-0.3, -0.25) is 9.78 Å². The largest absolute Gasteiger partial charge is 0.352 e. The minimum atomic E-state index is -0.0868. The van der Waals surface area contributed by atoms with E-state index in [9.17, 15) is 4.79 Å². The standard InChI is InChI=1S/C25H29N5OS/c1-17(2)29-15-6-8-21(29)24-23(20-7-4-5-14-26-20)28-25(32)30(24)16-13-22(31)27-19-11-9-18(3)10-12-19/h4-12,14-15,17,23-24H,13,16H2,1-3H3,(H,27,31)(H,28,32)/t23-,24+/m0/s1. The Morgan fingerprint density at radius 3 is 2.62 bits per heavy atom. The van der Waals surface area contributed by atoms with Crippen LogP contribution in [0.15, 0.2) is 67.0 Å². The summed E-state index contributed by atoms with van der Waals surface area (Å²) in [6.07, 6.45) is 4.24. The SMILES string of the molecule is Cc1ccc(NC(=O)CCN2C(=S)N[C@@H](c3ccccn3)[C@H]2c2cccn2C(C)C)cc1. The van der Waals surface area contributed by atoms with Crippen molar-refractivity contribution in [3.05, 3.63) is 83.9 Å². The normalized spacial score (nSPS) is 18.1. The van der Waals surface area contributed by atoms with Crippen molar-refractivity contribution in [1.82, 2.24) is 19.8 Å². The maximum Gasteiger partial charge on any atom is 0.226 e. The van der Waals surface area contributed by atoms with Crippen molar-refractivity contribution in [2.45, 2.75) is 45.3 Å². The number of aromatic nitrogens is 2. The van der Waals surface area contributed by atoms with Crippen LogP contribution in [-0.2, 0) is 4.79 Å². The molecule has 7 heteroatoms. The molecule has 3 aromatic rings. The third-order valence-electron chi connectivity index (χ3n) is 5.78. The Labute approximate surface area is 194 Å². The quantitative estimate of drug-likeness (QED) is 0.511. The highest BCUT2D eigenvalue weighted by Gasteiger charge is 2.41. The zero-order chi connectivity index (χ0) is 22.7. The van der Waals surface area contributed by atoms with Gasteiger partial charge in [-0.15, -0.1) is 0 Å². The number of thiocarbonyl (C=S) groups is 1. The molecule has 166 valence electrons. The van der Waals surface area contributed by atoms with E-state index in [1.807, 2.05) is 49.4 Å². The summed E-state index contributed by atoms with van der Waals surface area (Å²) in [6.45, 7) is 6.87.